The number of nitrogens with one attached hydrogen (secondary N) is 1. The Labute approximate surface area is 138 Å². The molecule has 1 spiro atoms. The number of benzene rings is 1. The van der Waals surface area contributed by atoms with Gasteiger partial charge in [-0.1, -0.05) is 18.2 Å². The van der Waals surface area contributed by atoms with Gasteiger partial charge in [-0.05, 0) is 18.1 Å². The Balaban J connectivity index is 1.74. The summed E-state index contributed by atoms with van der Waals surface area (Å²) in [5, 5.41) is 15.1. The molecule has 4 aliphatic heterocycles. The molecular weight excluding hydrogens is 312 g/mol. The van der Waals surface area contributed by atoms with Gasteiger partial charge in [0.15, 0.2) is 0 Å². The molecule has 5 aliphatic rings. The molecule has 2 amide bonds. The van der Waals surface area contributed by atoms with Crippen molar-refractivity contribution < 1.29 is 24.3 Å². The van der Waals surface area contributed by atoms with E-state index in [-0.39, 0.29) is 23.8 Å². The third kappa shape index (κ3) is 1.44. The highest BCUT2D eigenvalue weighted by Gasteiger charge is 2.68. The van der Waals surface area contributed by atoms with Gasteiger partial charge in [-0.3, -0.25) is 14.4 Å². The molecule has 24 heavy (non-hydrogen) atoms. The number of para-hydroxylation sites is 1. The largest absolute Gasteiger partial charge is 0.390 e. The van der Waals surface area contributed by atoms with Gasteiger partial charge in [0, 0.05) is 12.0 Å². The highest BCUT2D eigenvalue weighted by Crippen LogP contribution is 2.55. The molecule has 0 unspecified atom stereocenters. The van der Waals surface area contributed by atoms with Crippen LogP contribution in [0.25, 0.3) is 0 Å². The third-order valence-corrected chi connectivity index (χ3v) is 6.13. The minimum Gasteiger partial charge on any atom is -0.390 e. The quantitative estimate of drug-likeness (QED) is 0.740. The Bertz CT molecular complexity index is 752. The van der Waals surface area contributed by atoms with Crippen molar-refractivity contribution in [3.05, 3.63) is 29.8 Å². The lowest BCUT2D eigenvalue weighted by Gasteiger charge is -2.41. The van der Waals surface area contributed by atoms with E-state index in [4.69, 9.17) is 9.57 Å². The molecule has 6 atom stereocenters. The van der Waals surface area contributed by atoms with Gasteiger partial charge < -0.3 is 15.2 Å². The summed E-state index contributed by atoms with van der Waals surface area (Å²) in [5.74, 6) is -0.981. The van der Waals surface area contributed by atoms with E-state index in [0.29, 0.717) is 18.7 Å². The number of fused-ring (bicyclic) bond motifs is 2. The summed E-state index contributed by atoms with van der Waals surface area (Å²) in [6.07, 6.45) is -1.34. The average Bonchev–Trinajstić information content (AvgIpc) is 2.91. The molecule has 4 heterocycles. The summed E-state index contributed by atoms with van der Waals surface area (Å²) in [6.45, 7) is 0.375. The maximum atomic E-state index is 13.3. The van der Waals surface area contributed by atoms with Crippen molar-refractivity contribution in [3.63, 3.8) is 0 Å². The molecule has 7 nitrogen and oxygen atoms in total. The Kier molecular flexibility index (Phi) is 2.73. The molecular formula is C17H18N2O5. The Morgan fingerprint density at radius 1 is 1.38 bits per heavy atom. The van der Waals surface area contributed by atoms with Crippen LogP contribution in [0.15, 0.2) is 24.3 Å². The van der Waals surface area contributed by atoms with Gasteiger partial charge in [0.05, 0.1) is 31.4 Å². The number of hydrogen-bond acceptors (Lipinski definition) is 5. The van der Waals surface area contributed by atoms with E-state index in [1.54, 1.807) is 0 Å². The first-order chi connectivity index (χ1) is 11.6. The second-order valence-corrected chi connectivity index (χ2v) is 7.02. The molecule has 1 aromatic carbocycles. The maximum absolute atomic E-state index is 13.3. The lowest BCUT2D eigenvalue weighted by Crippen LogP contribution is -2.59. The SMILES string of the molecule is CON1C(=O)[C@@]2(C[C@@H]3NC(=O)[C@@H]4[C@@H](O)[C@H]2OC[C@@H]43)c2ccccc21. The minimum absolute atomic E-state index is 0.0975. The van der Waals surface area contributed by atoms with Gasteiger partial charge in [-0.25, -0.2) is 0 Å². The van der Waals surface area contributed by atoms with E-state index < -0.39 is 23.5 Å². The van der Waals surface area contributed by atoms with E-state index in [1.165, 1.54) is 12.2 Å². The molecule has 0 aromatic heterocycles. The van der Waals surface area contributed by atoms with Crippen LogP contribution in [0.1, 0.15) is 12.0 Å². The fraction of sp³-hybridized carbons (Fsp3) is 0.529. The monoisotopic (exact) mass is 330 g/mol. The van der Waals surface area contributed by atoms with E-state index >= 15 is 0 Å². The third-order valence-electron chi connectivity index (χ3n) is 6.13. The van der Waals surface area contributed by atoms with Crippen molar-refractivity contribution >= 4 is 17.5 Å². The Hall–Kier alpha value is -1.96. The first-order valence-electron chi connectivity index (χ1n) is 8.18. The van der Waals surface area contributed by atoms with Crippen LogP contribution in [0.4, 0.5) is 5.69 Å². The molecule has 4 bridgehead atoms. The molecule has 6 rings (SSSR count). The number of ether oxygens (including phenoxy) is 1. The number of aliphatic hydroxyl groups is 1. The number of hydroxylamine groups is 1. The van der Waals surface area contributed by atoms with Gasteiger partial charge >= 0.3 is 0 Å². The first kappa shape index (κ1) is 14.4. The molecule has 1 aliphatic carbocycles. The zero-order chi connectivity index (χ0) is 16.6. The summed E-state index contributed by atoms with van der Waals surface area (Å²) in [6, 6.07) is 7.24. The smallest absolute Gasteiger partial charge is 0.264 e. The number of carbonyl (C=O) groups excluding carboxylic acids is 2. The lowest BCUT2D eigenvalue weighted by atomic mass is 9.70. The van der Waals surface area contributed by atoms with Gasteiger partial charge in [0.1, 0.15) is 11.5 Å². The zero-order valence-electron chi connectivity index (χ0n) is 13.1. The summed E-state index contributed by atoms with van der Waals surface area (Å²) in [4.78, 5) is 30.8. The molecule has 3 saturated heterocycles. The number of rotatable bonds is 1. The van der Waals surface area contributed by atoms with Crippen molar-refractivity contribution in [1.29, 1.82) is 0 Å². The highest BCUT2D eigenvalue weighted by atomic mass is 16.7. The standard InChI is InChI=1S/C17H18N2O5/c1-23-19-11-5-3-2-4-9(11)17(16(19)22)6-10-8-7-24-14(17)13(20)12(8)15(21)18-10/h2-5,8,10,12-14,20H,6-7H2,1H3,(H,18,21)/t8-,10+,12+,13-,14-,17+/m1/s1. The van der Waals surface area contributed by atoms with E-state index in [0.717, 1.165) is 5.56 Å². The van der Waals surface area contributed by atoms with Crippen molar-refractivity contribution in [3.8, 4) is 0 Å². The zero-order valence-corrected chi connectivity index (χ0v) is 13.1. The second-order valence-electron chi connectivity index (χ2n) is 7.02. The van der Waals surface area contributed by atoms with Crippen LogP contribution in [-0.4, -0.2) is 48.9 Å². The number of amides is 2. The van der Waals surface area contributed by atoms with Gasteiger partial charge in [0.2, 0.25) is 5.91 Å². The molecule has 1 aromatic rings. The highest BCUT2D eigenvalue weighted by molar-refractivity contribution is 6.07. The molecule has 2 N–H and O–H groups in total. The minimum atomic E-state index is -1.03. The van der Waals surface area contributed by atoms with Crippen LogP contribution < -0.4 is 10.4 Å². The summed E-state index contributed by atoms with van der Waals surface area (Å²) >= 11 is 0. The van der Waals surface area contributed by atoms with Crippen LogP contribution >= 0.6 is 0 Å². The van der Waals surface area contributed by atoms with Crippen LogP contribution in [-0.2, 0) is 24.6 Å². The normalized spacial score (nSPS) is 42.4. The lowest BCUT2D eigenvalue weighted by molar-refractivity contribution is -0.164. The van der Waals surface area contributed by atoms with Gasteiger partial charge in [-0.15, -0.1) is 0 Å². The summed E-state index contributed by atoms with van der Waals surface area (Å²) < 4.78 is 5.96. The van der Waals surface area contributed by atoms with Crippen molar-refractivity contribution in [1.82, 2.24) is 5.32 Å². The van der Waals surface area contributed by atoms with E-state index in [1.807, 2.05) is 24.3 Å². The molecule has 126 valence electrons. The topological polar surface area (TPSA) is 88.1 Å². The van der Waals surface area contributed by atoms with E-state index in [2.05, 4.69) is 5.32 Å². The van der Waals surface area contributed by atoms with Crippen molar-refractivity contribution in [2.24, 2.45) is 11.8 Å². The molecule has 0 radical (unpaired) electrons. The predicted molar refractivity (Wildman–Crippen MR) is 81.9 cm³/mol. The number of aliphatic hydroxyl groups excluding tert-OH is 1. The Morgan fingerprint density at radius 3 is 2.96 bits per heavy atom. The van der Waals surface area contributed by atoms with Gasteiger partial charge in [0.25, 0.3) is 5.91 Å². The summed E-state index contributed by atoms with van der Waals surface area (Å²) in [5.41, 5.74) is 0.435. The number of anilines is 1. The van der Waals surface area contributed by atoms with Crippen molar-refractivity contribution in [2.45, 2.75) is 30.1 Å². The molecule has 1 saturated carbocycles. The first-order valence-corrected chi connectivity index (χ1v) is 8.18. The number of hydrogen-bond donors (Lipinski definition) is 2. The second kappa shape index (κ2) is 4.56. The number of carbonyl (C=O) groups is 2. The van der Waals surface area contributed by atoms with Crippen LogP contribution in [0.5, 0.6) is 0 Å². The predicted octanol–water partition coefficient (Wildman–Crippen LogP) is -0.273. The maximum Gasteiger partial charge on any atom is 0.264 e. The Morgan fingerprint density at radius 2 is 2.17 bits per heavy atom. The van der Waals surface area contributed by atoms with Crippen LogP contribution in [0.3, 0.4) is 0 Å². The van der Waals surface area contributed by atoms with Crippen molar-refractivity contribution in [2.75, 3.05) is 18.8 Å². The fourth-order valence-corrected chi connectivity index (χ4v) is 5.15. The van der Waals surface area contributed by atoms with Crippen LogP contribution in [0, 0.1) is 11.8 Å². The average molecular weight is 330 g/mol. The van der Waals surface area contributed by atoms with E-state index in [9.17, 15) is 14.7 Å². The molecule has 7 heteroatoms. The van der Waals surface area contributed by atoms with Gasteiger partial charge in [-0.2, -0.15) is 5.06 Å². The van der Waals surface area contributed by atoms with Crippen LogP contribution in [0.2, 0.25) is 0 Å². The fourth-order valence-electron chi connectivity index (χ4n) is 5.15. The molecule has 4 fully saturated rings. The number of nitrogens with zero attached hydrogens (tertiary/aromatic N) is 1. The summed E-state index contributed by atoms with van der Waals surface area (Å²) in [7, 11) is 1.45.